The summed E-state index contributed by atoms with van der Waals surface area (Å²) in [6, 6.07) is 69.2. The molecule has 0 saturated carbocycles. The lowest BCUT2D eigenvalue weighted by Crippen LogP contribution is -2.99. The van der Waals surface area contributed by atoms with Crippen molar-refractivity contribution in [1.82, 2.24) is 9.13 Å². The molecule has 368 valence electrons. The Kier molecular flexibility index (Phi) is 12.1. The Morgan fingerprint density at radius 2 is 0.722 bits per heavy atom. The molecule has 7 aromatic rings. The molecule has 2 bridgehead atoms. The van der Waals surface area contributed by atoms with E-state index in [-0.39, 0.29) is 36.1 Å². The van der Waals surface area contributed by atoms with Crippen molar-refractivity contribution in [1.29, 1.82) is 0 Å². The van der Waals surface area contributed by atoms with E-state index in [0.717, 1.165) is 11.5 Å². The maximum Gasteiger partial charge on any atom is 0.330 e. The molecule has 5 nitrogen and oxygen atoms in total. The van der Waals surface area contributed by atoms with Crippen LogP contribution in [0.2, 0.25) is 0 Å². The van der Waals surface area contributed by atoms with E-state index in [1.807, 2.05) is 0 Å². The highest BCUT2D eigenvalue weighted by atomic mass is 29.6. The van der Waals surface area contributed by atoms with Gasteiger partial charge in [0.2, 0.25) is 0 Å². The first kappa shape index (κ1) is 49.6. The SMILES string of the molecule is CC1(C)c2cccc3c2Oc2c1cccc2[Si@]1([SiH-][Si@@]32N(C(C)(C)C)C(c3ccccc3)=[N+]2C(C)(C)C)N(C(C)(C)C)C(c2ccccc2)=[N+]1C(C)(C)C.c1ccc([BH-](c2ccccc2)c2ccccc2)cc1. The van der Waals surface area contributed by atoms with Gasteiger partial charge in [-0.1, -0.05) is 178 Å². The predicted molar refractivity (Wildman–Crippen MR) is 313 cm³/mol. The van der Waals surface area contributed by atoms with Gasteiger partial charge in [-0.05, 0) is 116 Å². The number of hydrogen-bond donors (Lipinski definition) is 0. The molecule has 0 fully saturated rings. The van der Waals surface area contributed by atoms with Crippen LogP contribution in [0.3, 0.4) is 0 Å². The van der Waals surface area contributed by atoms with Crippen LogP contribution in [0.15, 0.2) is 188 Å². The first-order chi connectivity index (χ1) is 34.0. The normalized spacial score (nSPS) is 20.0. The molecule has 0 radical (unpaired) electrons. The minimum atomic E-state index is -2.87. The van der Waals surface area contributed by atoms with Crippen molar-refractivity contribution in [2.24, 2.45) is 0 Å². The zero-order chi connectivity index (χ0) is 51.2. The van der Waals surface area contributed by atoms with E-state index < -0.39 is 22.5 Å². The fraction of sp³-hybridized carbons (Fsp3) is 0.302. The van der Waals surface area contributed by atoms with Gasteiger partial charge in [-0.25, -0.2) is 16.4 Å². The molecular weight excluding hydrogens is 924 g/mol. The Balaban J connectivity index is 0.000000262. The van der Waals surface area contributed by atoms with E-state index in [4.69, 9.17) is 4.74 Å². The fourth-order valence-electron chi connectivity index (χ4n) is 13.1. The van der Waals surface area contributed by atoms with Crippen molar-refractivity contribution in [2.45, 2.75) is 125 Å². The third-order valence-corrected chi connectivity index (χ3v) is 39.5. The molecule has 4 heterocycles. The fourth-order valence-corrected chi connectivity index (χ4v) is 47.7. The largest absolute Gasteiger partial charge is 0.457 e. The summed E-state index contributed by atoms with van der Waals surface area (Å²) < 4.78 is 19.6. The number of hydrogen-bond acceptors (Lipinski definition) is 3. The van der Waals surface area contributed by atoms with E-state index in [1.54, 1.807) is 0 Å². The zero-order valence-electron chi connectivity index (χ0n) is 45.4. The van der Waals surface area contributed by atoms with E-state index in [0.29, 0.717) is 0 Å². The van der Waals surface area contributed by atoms with Crippen molar-refractivity contribution < 1.29 is 13.2 Å². The molecule has 11 rings (SSSR count). The van der Waals surface area contributed by atoms with Crippen molar-refractivity contribution in [3.8, 4) is 11.5 Å². The van der Waals surface area contributed by atoms with Crippen LogP contribution in [0.4, 0.5) is 0 Å². The van der Waals surface area contributed by atoms with Crippen LogP contribution >= 0.6 is 0 Å². The van der Waals surface area contributed by atoms with Crippen LogP contribution < -0.4 is 31.5 Å². The number of benzene rings is 7. The monoisotopic (exact) mass is 999 g/mol. The third kappa shape index (κ3) is 7.84. The Morgan fingerprint density at radius 1 is 0.417 bits per heavy atom. The molecule has 2 atom stereocenters. The summed E-state index contributed by atoms with van der Waals surface area (Å²) in [5.41, 5.74) is 8.66. The summed E-state index contributed by atoms with van der Waals surface area (Å²) in [5.74, 6) is 4.97. The summed E-state index contributed by atoms with van der Waals surface area (Å²) in [5, 5.41) is 2.90. The lowest BCUT2D eigenvalue weighted by Gasteiger charge is -2.67. The Bertz CT molecular complexity index is 2960. The highest BCUT2D eigenvalue weighted by Gasteiger charge is 2.77. The maximum atomic E-state index is 7.66. The van der Waals surface area contributed by atoms with Gasteiger partial charge >= 0.3 is 15.8 Å². The molecule has 0 aromatic heterocycles. The summed E-state index contributed by atoms with van der Waals surface area (Å²) in [6.07, 6.45) is 0. The minimum absolute atomic E-state index is 0.145. The molecule has 2 spiro atoms. The predicted octanol–water partition coefficient (Wildman–Crippen LogP) is 9.54. The molecule has 0 unspecified atom stereocenters. The first-order valence-electron chi connectivity index (χ1n) is 26.3. The highest BCUT2D eigenvalue weighted by Crippen LogP contribution is 2.53. The Morgan fingerprint density at radius 3 is 1.01 bits per heavy atom. The van der Waals surface area contributed by atoms with E-state index in [1.165, 1.54) is 60.7 Å². The molecule has 72 heavy (non-hydrogen) atoms. The lowest BCUT2D eigenvalue weighted by atomic mass is 9.37. The van der Waals surface area contributed by atoms with E-state index in [2.05, 4.69) is 303 Å². The first-order valence-corrected chi connectivity index (χ1v) is 33.7. The van der Waals surface area contributed by atoms with Gasteiger partial charge in [0.25, 0.3) is 11.7 Å². The zero-order valence-corrected chi connectivity index (χ0v) is 48.5. The van der Waals surface area contributed by atoms with Gasteiger partial charge in [0.05, 0.1) is 40.0 Å². The van der Waals surface area contributed by atoms with Gasteiger partial charge in [-0.15, -0.1) is 0 Å². The molecule has 0 amide bonds. The number of rotatable bonds is 5. The number of ether oxygens (including phenoxy) is 1. The van der Waals surface area contributed by atoms with Gasteiger partial charge in [-0.2, -0.15) is 0 Å². The highest BCUT2D eigenvalue weighted by molar-refractivity contribution is 7.56. The molecule has 4 aliphatic heterocycles. The average molecular weight is 999 g/mol. The second-order valence-electron chi connectivity index (χ2n) is 25.1. The number of amidine groups is 2. The van der Waals surface area contributed by atoms with Crippen LogP contribution in [-0.4, -0.2) is 82.5 Å². The quantitative estimate of drug-likeness (QED) is 0.161. The lowest BCUT2D eigenvalue weighted by molar-refractivity contribution is -0.514. The average Bonchev–Trinajstić information content (AvgIpc) is 3.30. The number of para-hydroxylation sites is 2. The van der Waals surface area contributed by atoms with Crippen LogP contribution in [0.25, 0.3) is 0 Å². The summed E-state index contributed by atoms with van der Waals surface area (Å²) in [4.78, 5) is 0. The Labute approximate surface area is 435 Å². The van der Waals surface area contributed by atoms with Gasteiger partial charge < -0.3 is 4.74 Å². The van der Waals surface area contributed by atoms with Gasteiger partial charge in [0.1, 0.15) is 11.5 Å². The second kappa shape index (κ2) is 17.6. The molecule has 9 heteroatoms. The number of fused-ring (bicyclic) bond motifs is 2. The maximum absolute atomic E-state index is 7.66. The van der Waals surface area contributed by atoms with Crippen LogP contribution in [0.1, 0.15) is 119 Å². The summed E-state index contributed by atoms with van der Waals surface area (Å²) in [7, 11) is -5.97. The van der Waals surface area contributed by atoms with E-state index >= 15 is 0 Å². The van der Waals surface area contributed by atoms with Crippen LogP contribution in [-0.2, 0) is 5.41 Å². The number of nitrogens with zero attached hydrogens (tertiary/aromatic N) is 4. The summed E-state index contributed by atoms with van der Waals surface area (Å²) >= 11 is 0. The van der Waals surface area contributed by atoms with Crippen molar-refractivity contribution in [2.75, 3.05) is 0 Å². The Hall–Kier alpha value is -6.00. The van der Waals surface area contributed by atoms with Gasteiger partial charge in [-0.3, -0.25) is 17.6 Å². The van der Waals surface area contributed by atoms with Crippen molar-refractivity contribution in [3.63, 3.8) is 0 Å². The van der Waals surface area contributed by atoms with E-state index in [9.17, 15) is 0 Å². The third-order valence-electron chi connectivity index (χ3n) is 15.5. The summed E-state index contributed by atoms with van der Waals surface area (Å²) in [6.45, 7) is 33.6. The van der Waals surface area contributed by atoms with Crippen molar-refractivity contribution >= 4 is 69.5 Å². The van der Waals surface area contributed by atoms with Crippen LogP contribution in [0.5, 0.6) is 11.5 Å². The molecule has 0 aliphatic carbocycles. The second-order valence-corrected chi connectivity index (χ2v) is 39.4. The molecule has 0 N–H and O–H groups in total. The molecule has 7 aromatic carbocycles. The molecule has 4 aliphatic rings. The molecule has 0 saturated heterocycles. The van der Waals surface area contributed by atoms with Crippen LogP contribution in [0, 0.1) is 0 Å². The minimum Gasteiger partial charge on any atom is -0.457 e. The van der Waals surface area contributed by atoms with Crippen molar-refractivity contribution in [3.05, 3.63) is 210 Å². The van der Waals surface area contributed by atoms with Gasteiger partial charge in [0.15, 0.2) is 0 Å². The topological polar surface area (TPSA) is 21.7 Å². The molecular formula is C63H75BN4OSi3. The standard InChI is InChI=1S/C45H59N4OSi3.C18H16B/c1-41(2,3)46-39(31-23-17-15-18-24-31)47(42(4,5)6)52(46)35-29-21-27-33-37(35)50-38-34(45(33,13)14)28-22-30-36(38)53(51-52)48(43(7,8)9)40(49(53)44(10,11)12)32-25-19-16-20-26-32;1-4-10-16(11-5-1)19(17-12-6-2-7-13-17)18-14-8-3-9-15-18/h15-30,51H,1-14H3;1-15,19H/q+1;-1. The van der Waals surface area contributed by atoms with Gasteiger partial charge in [0, 0.05) is 26.9 Å². The smallest absolute Gasteiger partial charge is 0.330 e.